The van der Waals surface area contributed by atoms with Crippen molar-refractivity contribution in [3.63, 3.8) is 0 Å². The van der Waals surface area contributed by atoms with E-state index >= 15 is 0 Å². The van der Waals surface area contributed by atoms with E-state index < -0.39 is 0 Å². The Morgan fingerprint density at radius 2 is 0.875 bits per heavy atom. The van der Waals surface area contributed by atoms with Gasteiger partial charge in [0.1, 0.15) is 0 Å². The molecule has 0 fully saturated rings. The van der Waals surface area contributed by atoms with E-state index in [1.807, 2.05) is 0 Å². The number of benzene rings is 1. The molecule has 0 amide bonds. The first-order valence-electron chi connectivity index (χ1n) is 18.3. The highest BCUT2D eigenvalue weighted by atomic mass is 15.0. The van der Waals surface area contributed by atoms with E-state index in [-0.39, 0.29) is 5.54 Å². The zero-order chi connectivity index (χ0) is 28.6. The molecule has 0 radical (unpaired) electrons. The molecule has 0 atom stereocenters. The quantitative estimate of drug-likeness (QED) is 0.107. The summed E-state index contributed by atoms with van der Waals surface area (Å²) in [6, 6.07) is 9.20. The van der Waals surface area contributed by atoms with Gasteiger partial charge in [-0.05, 0) is 37.3 Å². The van der Waals surface area contributed by atoms with Gasteiger partial charge < -0.3 is 5.32 Å². The van der Waals surface area contributed by atoms with Gasteiger partial charge in [0, 0.05) is 11.3 Å². The summed E-state index contributed by atoms with van der Waals surface area (Å²) in [5.41, 5.74) is 4.68. The number of rotatable bonds is 27. The summed E-state index contributed by atoms with van der Waals surface area (Å²) in [6.45, 7) is 6.95. The second kappa shape index (κ2) is 23.3. The lowest BCUT2D eigenvalue weighted by Gasteiger charge is -2.39. The molecule has 1 aromatic carbocycles. The predicted octanol–water partition coefficient (Wildman–Crippen LogP) is 13.8. The van der Waals surface area contributed by atoms with Gasteiger partial charge in [-0.25, -0.2) is 0 Å². The molecular weight excluding hydrogens is 482 g/mol. The van der Waals surface area contributed by atoms with Crippen molar-refractivity contribution in [3.8, 4) is 0 Å². The molecule has 0 unspecified atom stereocenters. The molecule has 0 aliphatic carbocycles. The van der Waals surface area contributed by atoms with Crippen molar-refractivity contribution in [2.75, 3.05) is 5.32 Å². The molecule has 1 aliphatic heterocycles. The van der Waals surface area contributed by atoms with Crippen LogP contribution in [0.1, 0.15) is 200 Å². The van der Waals surface area contributed by atoms with E-state index in [4.69, 9.17) is 0 Å². The minimum absolute atomic E-state index is 0.161. The van der Waals surface area contributed by atoms with Crippen LogP contribution in [0.15, 0.2) is 30.3 Å². The Labute approximate surface area is 251 Å². The third-order valence-corrected chi connectivity index (χ3v) is 9.36. The highest BCUT2D eigenvalue weighted by Crippen LogP contribution is 2.41. The maximum Gasteiger partial charge on any atom is 0.0562 e. The first-order valence-corrected chi connectivity index (χ1v) is 18.3. The van der Waals surface area contributed by atoms with E-state index in [0.717, 1.165) is 0 Å². The van der Waals surface area contributed by atoms with Crippen LogP contribution in [0, 0.1) is 0 Å². The SMILES string of the molecule is CCCCCCCCCCC1=CC(CCCCCCCCCC)(CCCCCCCCCC)Nc2ccccc21. The molecule has 230 valence electrons. The highest BCUT2D eigenvalue weighted by Gasteiger charge is 2.32. The fraction of sp³-hybridized carbons (Fsp3) is 0.795. The Morgan fingerprint density at radius 3 is 1.35 bits per heavy atom. The van der Waals surface area contributed by atoms with Crippen molar-refractivity contribution < 1.29 is 0 Å². The first kappa shape index (κ1) is 35.0. The van der Waals surface area contributed by atoms with Crippen molar-refractivity contribution in [2.45, 2.75) is 200 Å². The van der Waals surface area contributed by atoms with Crippen molar-refractivity contribution >= 4 is 11.3 Å². The van der Waals surface area contributed by atoms with Crippen LogP contribution in [0.5, 0.6) is 0 Å². The van der Waals surface area contributed by atoms with Crippen molar-refractivity contribution in [1.29, 1.82) is 0 Å². The lowest BCUT2D eigenvalue weighted by molar-refractivity contribution is 0.426. The summed E-state index contributed by atoms with van der Waals surface area (Å²) < 4.78 is 0. The van der Waals surface area contributed by atoms with Gasteiger partial charge in [-0.15, -0.1) is 0 Å². The minimum Gasteiger partial charge on any atom is -0.376 e. The molecule has 0 spiro atoms. The van der Waals surface area contributed by atoms with Gasteiger partial charge in [-0.1, -0.05) is 193 Å². The van der Waals surface area contributed by atoms with Gasteiger partial charge in [-0.3, -0.25) is 0 Å². The second-order valence-electron chi connectivity index (χ2n) is 13.2. The zero-order valence-electron chi connectivity index (χ0n) is 27.5. The average molecular weight is 552 g/mol. The number of hydrogen-bond acceptors (Lipinski definition) is 1. The van der Waals surface area contributed by atoms with Crippen molar-refractivity contribution in [1.82, 2.24) is 0 Å². The molecule has 0 saturated carbocycles. The number of unbranched alkanes of at least 4 members (excludes halogenated alkanes) is 21. The van der Waals surface area contributed by atoms with Gasteiger partial charge >= 0.3 is 0 Å². The monoisotopic (exact) mass is 552 g/mol. The number of para-hydroxylation sites is 1. The Balaban J connectivity index is 1.95. The summed E-state index contributed by atoms with van der Waals surface area (Å²) in [7, 11) is 0. The van der Waals surface area contributed by atoms with Crippen LogP contribution < -0.4 is 5.32 Å². The van der Waals surface area contributed by atoms with E-state index in [0.29, 0.717) is 0 Å². The molecule has 1 heteroatoms. The summed E-state index contributed by atoms with van der Waals surface area (Å²) in [6.07, 6.45) is 40.3. The Hall–Kier alpha value is -1.24. The highest BCUT2D eigenvalue weighted by molar-refractivity contribution is 5.81. The average Bonchev–Trinajstić information content (AvgIpc) is 2.97. The molecule has 40 heavy (non-hydrogen) atoms. The molecule has 0 aromatic heterocycles. The van der Waals surface area contributed by atoms with Crippen molar-refractivity contribution in [2.24, 2.45) is 0 Å². The largest absolute Gasteiger partial charge is 0.376 e. The van der Waals surface area contributed by atoms with Crippen molar-refractivity contribution in [3.05, 3.63) is 35.9 Å². The topological polar surface area (TPSA) is 12.0 Å². The van der Waals surface area contributed by atoms with Gasteiger partial charge in [0.25, 0.3) is 0 Å². The summed E-state index contributed by atoms with van der Waals surface area (Å²) >= 11 is 0. The number of nitrogens with one attached hydrogen (secondary N) is 1. The number of anilines is 1. The fourth-order valence-corrected chi connectivity index (χ4v) is 6.79. The molecule has 2 rings (SSSR count). The standard InChI is InChI=1S/C39H69N/c1-4-7-10-13-16-19-22-25-30-36-35-39(40-38-32-27-26-31-37(36)38,33-28-23-20-17-14-11-8-5-2)34-29-24-21-18-15-12-9-6-3/h26-27,31-32,35,40H,4-25,28-30,33-34H2,1-3H3. The van der Waals surface area contributed by atoms with E-state index in [9.17, 15) is 0 Å². The molecule has 1 aliphatic rings. The Morgan fingerprint density at radius 1 is 0.475 bits per heavy atom. The van der Waals surface area contributed by atoms with Gasteiger partial charge in [0.15, 0.2) is 0 Å². The van der Waals surface area contributed by atoms with E-state index in [2.05, 4.69) is 56.4 Å². The number of allylic oxidation sites excluding steroid dienone is 1. The predicted molar refractivity (Wildman–Crippen MR) is 182 cm³/mol. The zero-order valence-corrected chi connectivity index (χ0v) is 27.5. The normalized spacial score (nSPS) is 14.1. The van der Waals surface area contributed by atoms with Crippen LogP contribution in [0.25, 0.3) is 5.57 Å². The van der Waals surface area contributed by atoms with Gasteiger partial charge in [0.2, 0.25) is 0 Å². The van der Waals surface area contributed by atoms with Gasteiger partial charge in [-0.2, -0.15) is 0 Å². The smallest absolute Gasteiger partial charge is 0.0562 e. The molecular formula is C39H69N. The number of hydrogen-bond donors (Lipinski definition) is 1. The first-order chi connectivity index (χ1) is 19.7. The maximum absolute atomic E-state index is 4.13. The molecule has 0 saturated heterocycles. The fourth-order valence-electron chi connectivity index (χ4n) is 6.79. The van der Waals surface area contributed by atoms with Crippen LogP contribution in [-0.4, -0.2) is 5.54 Å². The lowest BCUT2D eigenvalue weighted by Crippen LogP contribution is -2.39. The van der Waals surface area contributed by atoms with Crippen LogP contribution in [0.4, 0.5) is 5.69 Å². The minimum atomic E-state index is 0.161. The van der Waals surface area contributed by atoms with Gasteiger partial charge in [0.05, 0.1) is 5.54 Å². The van der Waals surface area contributed by atoms with E-state index in [1.165, 1.54) is 185 Å². The van der Waals surface area contributed by atoms with Crippen LogP contribution in [0.2, 0.25) is 0 Å². The Kier molecular flexibility index (Phi) is 20.4. The van der Waals surface area contributed by atoms with Crippen LogP contribution >= 0.6 is 0 Å². The molecule has 1 heterocycles. The summed E-state index contributed by atoms with van der Waals surface area (Å²) in [5.74, 6) is 0. The second-order valence-corrected chi connectivity index (χ2v) is 13.2. The molecule has 0 bridgehead atoms. The van der Waals surface area contributed by atoms with E-state index in [1.54, 1.807) is 5.57 Å². The summed E-state index contributed by atoms with van der Waals surface area (Å²) in [5, 5.41) is 4.13. The van der Waals surface area contributed by atoms with Crippen LogP contribution in [-0.2, 0) is 0 Å². The third kappa shape index (κ3) is 15.1. The maximum atomic E-state index is 4.13. The number of fused-ring (bicyclic) bond motifs is 1. The Bertz CT molecular complexity index is 727. The molecule has 1 aromatic rings. The lowest BCUT2D eigenvalue weighted by atomic mass is 9.79. The molecule has 1 N–H and O–H groups in total. The third-order valence-electron chi connectivity index (χ3n) is 9.36. The summed E-state index contributed by atoms with van der Waals surface area (Å²) in [4.78, 5) is 0. The molecule has 1 nitrogen and oxygen atoms in total. The van der Waals surface area contributed by atoms with Crippen LogP contribution in [0.3, 0.4) is 0 Å².